The number of urea groups is 1. The number of carbonyl (C=O) groups is 2. The number of hydrogen-bond donors (Lipinski definition) is 4. The number of nitrogens with one attached hydrogen (secondary N) is 3. The number of hydrogen-bond acceptors (Lipinski definition) is 11. The predicted molar refractivity (Wildman–Crippen MR) is 160 cm³/mol. The van der Waals surface area contributed by atoms with Crippen LogP contribution in [0.25, 0.3) is 11.3 Å². The van der Waals surface area contributed by atoms with Crippen molar-refractivity contribution < 1.29 is 38.2 Å². The Morgan fingerprint density at radius 2 is 1.98 bits per heavy atom. The van der Waals surface area contributed by atoms with Crippen LogP contribution in [0.5, 0.6) is 11.5 Å². The third-order valence-electron chi connectivity index (χ3n) is 6.21. The number of hydrazone groups is 1. The number of rotatable bonds is 12. The van der Waals surface area contributed by atoms with E-state index in [9.17, 15) is 24.8 Å². The van der Waals surface area contributed by atoms with Gasteiger partial charge in [-0.2, -0.15) is 5.10 Å². The van der Waals surface area contributed by atoms with Gasteiger partial charge in [0.2, 0.25) is 0 Å². The molecule has 1 aliphatic rings. The summed E-state index contributed by atoms with van der Waals surface area (Å²) in [7, 11) is 1.25. The summed E-state index contributed by atoms with van der Waals surface area (Å²) in [5, 5.41) is 30.8. The fraction of sp³-hybridized carbons (Fsp3) is 0.250. The number of aliphatic hydroxyl groups is 1. The van der Waals surface area contributed by atoms with Crippen molar-refractivity contribution in [2.24, 2.45) is 5.10 Å². The Bertz CT molecular complexity index is 1640. The summed E-state index contributed by atoms with van der Waals surface area (Å²) < 4.78 is 22.0. The van der Waals surface area contributed by atoms with Crippen LogP contribution in [-0.2, 0) is 9.53 Å². The highest BCUT2D eigenvalue weighted by Gasteiger charge is 2.32. The molecule has 2 atom stereocenters. The fourth-order valence-corrected chi connectivity index (χ4v) is 4.79. The van der Waals surface area contributed by atoms with Crippen LogP contribution in [0.4, 0.5) is 10.5 Å². The zero-order valence-corrected chi connectivity index (χ0v) is 25.1. The molecule has 232 valence electrons. The third kappa shape index (κ3) is 7.40. The second kappa shape index (κ2) is 14.1. The van der Waals surface area contributed by atoms with Gasteiger partial charge in [0.25, 0.3) is 5.69 Å². The van der Waals surface area contributed by atoms with Crippen molar-refractivity contribution in [3.05, 3.63) is 85.2 Å². The van der Waals surface area contributed by atoms with E-state index >= 15 is 0 Å². The first-order valence-corrected chi connectivity index (χ1v) is 13.7. The zero-order valence-electron chi connectivity index (χ0n) is 23.6. The normalized spacial score (nSPS) is 15.4. The lowest BCUT2D eigenvalue weighted by molar-refractivity contribution is -0.384. The highest BCUT2D eigenvalue weighted by molar-refractivity contribution is 6.37. The first-order chi connectivity index (χ1) is 21.0. The van der Waals surface area contributed by atoms with Crippen LogP contribution in [-0.4, -0.2) is 54.8 Å². The van der Waals surface area contributed by atoms with E-state index in [1.807, 2.05) is 0 Å². The number of benzene rings is 2. The molecule has 2 heterocycles. The van der Waals surface area contributed by atoms with Crippen LogP contribution in [0.2, 0.25) is 10.0 Å². The van der Waals surface area contributed by atoms with Gasteiger partial charge in [0, 0.05) is 17.3 Å². The van der Waals surface area contributed by atoms with Gasteiger partial charge in [0.1, 0.15) is 23.2 Å². The lowest BCUT2D eigenvalue weighted by atomic mass is 9.95. The molecular formula is C28H27Cl2N5O9. The molecule has 0 radical (unpaired) electrons. The SMILES string of the molecule is CCOc1cc([C@H]2NC(=O)NC(C)=C2C(=O)OC)ccc1OC[C@H](O)N/N=C\c1ccc(-c2cc([N+](=O)[O-])c(Cl)cc2Cl)o1. The van der Waals surface area contributed by atoms with Crippen molar-refractivity contribution in [2.45, 2.75) is 26.1 Å². The molecule has 2 aromatic carbocycles. The van der Waals surface area contributed by atoms with Crippen molar-refractivity contribution in [3.8, 4) is 22.8 Å². The first kappa shape index (κ1) is 32.1. The largest absolute Gasteiger partial charge is 0.490 e. The van der Waals surface area contributed by atoms with Gasteiger partial charge >= 0.3 is 12.0 Å². The van der Waals surface area contributed by atoms with Gasteiger partial charge in [-0.05, 0) is 49.7 Å². The van der Waals surface area contributed by atoms with Crippen molar-refractivity contribution in [2.75, 3.05) is 20.3 Å². The molecule has 4 rings (SSSR count). The average Bonchev–Trinajstić information content (AvgIpc) is 3.44. The van der Waals surface area contributed by atoms with Crippen LogP contribution in [0, 0.1) is 10.1 Å². The van der Waals surface area contributed by atoms with Crippen LogP contribution in [0.15, 0.2) is 63.3 Å². The number of furan rings is 1. The van der Waals surface area contributed by atoms with E-state index < -0.39 is 29.2 Å². The minimum Gasteiger partial charge on any atom is -0.490 e. The van der Waals surface area contributed by atoms with Crippen LogP contribution < -0.4 is 25.5 Å². The molecular weight excluding hydrogens is 621 g/mol. The third-order valence-corrected chi connectivity index (χ3v) is 6.83. The Morgan fingerprint density at radius 1 is 1.20 bits per heavy atom. The molecule has 0 spiro atoms. The molecule has 4 N–H and O–H groups in total. The van der Waals surface area contributed by atoms with Crippen molar-refractivity contribution in [1.29, 1.82) is 0 Å². The fourth-order valence-electron chi connectivity index (χ4n) is 4.24. The monoisotopic (exact) mass is 647 g/mol. The Kier molecular flexibility index (Phi) is 10.3. The molecule has 2 amide bonds. The van der Waals surface area contributed by atoms with E-state index in [0.717, 1.165) is 0 Å². The zero-order chi connectivity index (χ0) is 32.0. The number of aliphatic hydroxyl groups excluding tert-OH is 1. The minimum absolute atomic E-state index is 0.1000. The van der Waals surface area contributed by atoms with Gasteiger partial charge in [-0.3, -0.25) is 15.5 Å². The number of esters is 1. The Morgan fingerprint density at radius 3 is 2.68 bits per heavy atom. The summed E-state index contributed by atoms with van der Waals surface area (Å²) >= 11 is 12.1. The maximum atomic E-state index is 12.4. The van der Waals surface area contributed by atoms with Gasteiger partial charge in [-0.15, -0.1) is 0 Å². The predicted octanol–water partition coefficient (Wildman–Crippen LogP) is 4.68. The Hall–Kier alpha value is -4.79. The number of carbonyl (C=O) groups excluding carboxylic acids is 2. The summed E-state index contributed by atoms with van der Waals surface area (Å²) in [5.41, 5.74) is 3.60. The molecule has 0 saturated heterocycles. The van der Waals surface area contributed by atoms with Gasteiger partial charge < -0.3 is 34.4 Å². The van der Waals surface area contributed by atoms with Gasteiger partial charge in [-0.1, -0.05) is 29.3 Å². The maximum absolute atomic E-state index is 12.4. The van der Waals surface area contributed by atoms with E-state index in [1.54, 1.807) is 44.2 Å². The lowest BCUT2D eigenvalue weighted by Gasteiger charge is -2.28. The minimum atomic E-state index is -1.25. The summed E-state index contributed by atoms with van der Waals surface area (Å²) in [6.45, 7) is 3.44. The van der Waals surface area contributed by atoms with E-state index in [2.05, 4.69) is 21.2 Å². The topological polar surface area (TPSA) is 187 Å². The van der Waals surface area contributed by atoms with Crippen LogP contribution in [0.3, 0.4) is 0 Å². The average molecular weight is 648 g/mol. The van der Waals surface area contributed by atoms with Gasteiger partial charge in [0.05, 0.1) is 41.5 Å². The molecule has 44 heavy (non-hydrogen) atoms. The lowest BCUT2D eigenvalue weighted by Crippen LogP contribution is -2.45. The number of allylic oxidation sites excluding steroid dienone is 1. The van der Waals surface area contributed by atoms with E-state index in [4.69, 9.17) is 41.8 Å². The van der Waals surface area contributed by atoms with Gasteiger partial charge in [-0.25, -0.2) is 9.59 Å². The molecule has 0 unspecified atom stereocenters. The molecule has 0 aliphatic carbocycles. The summed E-state index contributed by atoms with van der Waals surface area (Å²) in [6, 6.07) is 9.19. The Labute approximate surface area is 260 Å². The summed E-state index contributed by atoms with van der Waals surface area (Å²) in [5.74, 6) is 0.534. The number of nitro groups is 1. The summed E-state index contributed by atoms with van der Waals surface area (Å²) in [6.07, 6.45) is 0.0380. The number of nitro benzene ring substituents is 1. The van der Waals surface area contributed by atoms with E-state index in [0.29, 0.717) is 29.4 Å². The number of methoxy groups -OCH3 is 1. The Balaban J connectivity index is 1.41. The van der Waals surface area contributed by atoms with Crippen molar-refractivity contribution in [3.63, 3.8) is 0 Å². The second-order valence-electron chi connectivity index (χ2n) is 9.16. The highest BCUT2D eigenvalue weighted by Crippen LogP contribution is 2.37. The standard InChI is InChI=1S/C28H27Cl2N5O9/c1-4-42-23-9-15(26-25(27(37)41-3)14(2)32-28(38)33-26)5-7-22(23)43-13-24(36)34-31-12-16-6-8-21(44-16)17-10-20(35(39)40)19(30)11-18(17)29/h5-12,24,26,34,36H,4,13H2,1-3H3,(H2,32,33,38)/b31-12-/t24-,26+/m0/s1. The number of halogens is 2. The smallest absolute Gasteiger partial charge is 0.337 e. The van der Waals surface area contributed by atoms with Crippen molar-refractivity contribution in [1.82, 2.24) is 16.1 Å². The first-order valence-electron chi connectivity index (χ1n) is 13.0. The second-order valence-corrected chi connectivity index (χ2v) is 9.97. The maximum Gasteiger partial charge on any atom is 0.337 e. The molecule has 16 heteroatoms. The number of nitrogens with zero attached hydrogens (tertiary/aromatic N) is 2. The van der Waals surface area contributed by atoms with E-state index in [-0.39, 0.29) is 45.0 Å². The highest BCUT2D eigenvalue weighted by atomic mass is 35.5. The molecule has 14 nitrogen and oxygen atoms in total. The summed E-state index contributed by atoms with van der Waals surface area (Å²) in [4.78, 5) is 35.1. The van der Waals surface area contributed by atoms with Gasteiger partial charge in [0.15, 0.2) is 17.7 Å². The van der Waals surface area contributed by atoms with Crippen LogP contribution >= 0.6 is 23.2 Å². The number of amides is 2. The number of ether oxygens (including phenoxy) is 3. The molecule has 1 aliphatic heterocycles. The molecule has 0 fully saturated rings. The molecule has 0 saturated carbocycles. The molecule has 1 aromatic heterocycles. The quantitative estimate of drug-likeness (QED) is 0.0706. The van der Waals surface area contributed by atoms with Crippen molar-refractivity contribution >= 4 is 47.1 Å². The van der Waals surface area contributed by atoms with E-state index in [1.165, 1.54) is 25.5 Å². The molecule has 3 aromatic rings. The van der Waals surface area contributed by atoms with Crippen LogP contribution in [0.1, 0.15) is 31.2 Å². The molecule has 0 bridgehead atoms.